The van der Waals surface area contributed by atoms with E-state index in [4.69, 9.17) is 11.6 Å². The first-order valence-corrected chi connectivity index (χ1v) is 7.62. The molecule has 0 N–H and O–H groups in total. The third-order valence-corrected chi connectivity index (χ3v) is 4.84. The Balaban J connectivity index is 2.09. The summed E-state index contributed by atoms with van der Waals surface area (Å²) in [6.07, 6.45) is 1.78. The Bertz CT molecular complexity index is 632. The molecule has 0 fully saturated rings. The van der Waals surface area contributed by atoms with Crippen LogP contribution in [0.4, 0.5) is 0 Å². The number of alkyl halides is 1. The first-order valence-electron chi connectivity index (χ1n) is 5.39. The fourth-order valence-electron chi connectivity index (χ4n) is 1.65. The third kappa shape index (κ3) is 2.19. The minimum atomic E-state index is 0.484. The van der Waals surface area contributed by atoms with Gasteiger partial charge in [0.2, 0.25) is 0 Å². The molecule has 5 heteroatoms. The molecule has 0 amide bonds. The summed E-state index contributed by atoms with van der Waals surface area (Å²) in [6.45, 7) is 0. The van der Waals surface area contributed by atoms with Crippen molar-refractivity contribution in [2.45, 2.75) is 5.88 Å². The van der Waals surface area contributed by atoms with Crippen LogP contribution in [-0.4, -0.2) is 9.97 Å². The molecule has 0 aromatic carbocycles. The third-order valence-electron chi connectivity index (χ3n) is 2.46. The predicted octanol–water partition coefficient (Wildman–Crippen LogP) is 4.67. The van der Waals surface area contributed by atoms with Crippen LogP contribution in [-0.2, 0) is 5.88 Å². The van der Waals surface area contributed by atoms with Crippen molar-refractivity contribution in [1.82, 2.24) is 9.97 Å². The molecule has 3 aromatic heterocycles. The highest BCUT2D eigenvalue weighted by atomic mass is 35.5. The Kier molecular flexibility index (Phi) is 3.41. The summed E-state index contributed by atoms with van der Waals surface area (Å²) in [5.41, 5.74) is 1.89. The zero-order valence-electron chi connectivity index (χ0n) is 9.34. The maximum absolute atomic E-state index is 6.00. The van der Waals surface area contributed by atoms with Gasteiger partial charge in [0.15, 0.2) is 0 Å². The smallest absolute Gasteiger partial charge is 0.142 e. The van der Waals surface area contributed by atoms with Crippen molar-refractivity contribution in [3.63, 3.8) is 0 Å². The summed E-state index contributed by atoms with van der Waals surface area (Å²) in [5, 5.41) is 2.97. The quantitative estimate of drug-likeness (QED) is 0.656. The molecule has 0 aliphatic carbocycles. The van der Waals surface area contributed by atoms with E-state index in [1.807, 2.05) is 29.6 Å². The lowest BCUT2D eigenvalue weighted by molar-refractivity contribution is 1.29. The maximum atomic E-state index is 6.00. The normalized spacial score (nSPS) is 10.7. The molecule has 0 atom stereocenters. The molecule has 0 unspecified atom stereocenters. The molecule has 0 aliphatic heterocycles. The number of halogens is 1. The van der Waals surface area contributed by atoms with Gasteiger partial charge in [-0.1, -0.05) is 12.1 Å². The number of rotatable bonds is 3. The van der Waals surface area contributed by atoms with Crippen molar-refractivity contribution in [3.8, 4) is 21.3 Å². The van der Waals surface area contributed by atoms with E-state index in [-0.39, 0.29) is 0 Å². The maximum Gasteiger partial charge on any atom is 0.142 e. The standard InChI is InChI=1S/C13H9ClN2S2/c14-8-11-12(10-5-3-7-17-10)16-13(18-11)9-4-1-2-6-15-9/h1-7H,8H2. The van der Waals surface area contributed by atoms with E-state index in [2.05, 4.69) is 16.0 Å². The van der Waals surface area contributed by atoms with Crippen molar-refractivity contribution in [1.29, 1.82) is 0 Å². The summed E-state index contributed by atoms with van der Waals surface area (Å²) >= 11 is 9.30. The second-order valence-corrected chi connectivity index (χ2v) is 5.92. The number of thiophene rings is 1. The topological polar surface area (TPSA) is 25.8 Å². The molecule has 3 aromatic rings. The SMILES string of the molecule is ClCc1sc(-c2ccccn2)nc1-c1cccs1. The second-order valence-electron chi connectivity index (χ2n) is 3.62. The van der Waals surface area contributed by atoms with E-state index in [9.17, 15) is 0 Å². The predicted molar refractivity (Wildman–Crippen MR) is 78.2 cm³/mol. The Morgan fingerprint density at radius 2 is 2.11 bits per heavy atom. The summed E-state index contributed by atoms with van der Waals surface area (Å²) in [7, 11) is 0. The van der Waals surface area contributed by atoms with E-state index in [1.54, 1.807) is 28.9 Å². The zero-order chi connectivity index (χ0) is 12.4. The molecule has 90 valence electrons. The van der Waals surface area contributed by atoms with Gasteiger partial charge in [-0.25, -0.2) is 4.98 Å². The molecule has 18 heavy (non-hydrogen) atoms. The summed E-state index contributed by atoms with van der Waals surface area (Å²) in [4.78, 5) is 11.3. The molecule has 0 saturated heterocycles. The molecular formula is C13H9ClN2S2. The van der Waals surface area contributed by atoms with E-state index < -0.39 is 0 Å². The fourth-order valence-corrected chi connectivity index (χ4v) is 3.65. The van der Waals surface area contributed by atoms with Gasteiger partial charge in [-0.15, -0.1) is 34.3 Å². The van der Waals surface area contributed by atoms with Gasteiger partial charge in [-0.05, 0) is 23.6 Å². The first kappa shape index (κ1) is 11.8. The Labute approximate surface area is 118 Å². The second kappa shape index (κ2) is 5.18. The molecule has 3 heterocycles. The first-order chi connectivity index (χ1) is 8.88. The Morgan fingerprint density at radius 3 is 2.78 bits per heavy atom. The number of hydrogen-bond acceptors (Lipinski definition) is 4. The van der Waals surface area contributed by atoms with Crippen LogP contribution in [0, 0.1) is 0 Å². The van der Waals surface area contributed by atoms with Gasteiger partial charge in [0.1, 0.15) is 5.01 Å². The fraction of sp³-hybridized carbons (Fsp3) is 0.0769. The van der Waals surface area contributed by atoms with Gasteiger partial charge in [0, 0.05) is 11.1 Å². The van der Waals surface area contributed by atoms with Crippen LogP contribution in [0.25, 0.3) is 21.3 Å². The summed E-state index contributed by atoms with van der Waals surface area (Å²) in [5.74, 6) is 0.484. The van der Waals surface area contributed by atoms with E-state index in [1.165, 1.54) is 0 Å². The largest absolute Gasteiger partial charge is 0.254 e. The molecule has 2 nitrogen and oxygen atoms in total. The highest BCUT2D eigenvalue weighted by molar-refractivity contribution is 7.17. The van der Waals surface area contributed by atoms with Crippen LogP contribution in [0.5, 0.6) is 0 Å². The van der Waals surface area contributed by atoms with E-state index in [0.717, 1.165) is 26.1 Å². The van der Waals surface area contributed by atoms with Gasteiger partial charge >= 0.3 is 0 Å². The molecule has 0 spiro atoms. The zero-order valence-corrected chi connectivity index (χ0v) is 11.7. The van der Waals surface area contributed by atoms with E-state index >= 15 is 0 Å². The van der Waals surface area contributed by atoms with Crippen molar-refractivity contribution < 1.29 is 0 Å². The van der Waals surface area contributed by atoms with Crippen molar-refractivity contribution >= 4 is 34.3 Å². The average molecular weight is 293 g/mol. The van der Waals surface area contributed by atoms with Gasteiger partial charge in [-0.3, -0.25) is 4.98 Å². The van der Waals surface area contributed by atoms with Gasteiger partial charge in [-0.2, -0.15) is 0 Å². The van der Waals surface area contributed by atoms with Crippen molar-refractivity contribution in [3.05, 3.63) is 46.8 Å². The van der Waals surface area contributed by atoms with Crippen LogP contribution in [0.1, 0.15) is 4.88 Å². The Hall–Kier alpha value is -1.23. The minimum absolute atomic E-state index is 0.484. The molecule has 0 radical (unpaired) electrons. The number of thiazole rings is 1. The molecule has 0 saturated carbocycles. The lowest BCUT2D eigenvalue weighted by Crippen LogP contribution is -1.81. The van der Waals surface area contributed by atoms with Crippen LogP contribution >= 0.6 is 34.3 Å². The molecule has 0 aliphatic rings. The molecule has 0 bridgehead atoms. The van der Waals surface area contributed by atoms with E-state index in [0.29, 0.717) is 5.88 Å². The number of nitrogens with zero attached hydrogens (tertiary/aromatic N) is 2. The number of pyridine rings is 1. The molecule has 3 rings (SSSR count). The molecular weight excluding hydrogens is 284 g/mol. The van der Waals surface area contributed by atoms with Gasteiger partial charge in [0.25, 0.3) is 0 Å². The number of aromatic nitrogens is 2. The van der Waals surface area contributed by atoms with Crippen molar-refractivity contribution in [2.24, 2.45) is 0 Å². The highest BCUT2D eigenvalue weighted by Gasteiger charge is 2.14. The lowest BCUT2D eigenvalue weighted by atomic mass is 10.3. The van der Waals surface area contributed by atoms with Crippen molar-refractivity contribution in [2.75, 3.05) is 0 Å². The minimum Gasteiger partial charge on any atom is -0.254 e. The monoisotopic (exact) mass is 292 g/mol. The van der Waals surface area contributed by atoms with Crippen LogP contribution in [0.15, 0.2) is 41.9 Å². The van der Waals surface area contributed by atoms with Crippen LogP contribution < -0.4 is 0 Å². The summed E-state index contributed by atoms with van der Waals surface area (Å²) in [6, 6.07) is 9.93. The van der Waals surface area contributed by atoms with Crippen LogP contribution in [0.3, 0.4) is 0 Å². The summed E-state index contributed by atoms with van der Waals surface area (Å²) < 4.78 is 0. The van der Waals surface area contributed by atoms with Crippen LogP contribution in [0.2, 0.25) is 0 Å². The average Bonchev–Trinajstić information content (AvgIpc) is 3.08. The van der Waals surface area contributed by atoms with Gasteiger partial charge in [0.05, 0.1) is 22.1 Å². The highest BCUT2D eigenvalue weighted by Crippen LogP contribution is 2.35. The Morgan fingerprint density at radius 1 is 1.17 bits per heavy atom. The lowest BCUT2D eigenvalue weighted by Gasteiger charge is -1.93. The van der Waals surface area contributed by atoms with Gasteiger partial charge < -0.3 is 0 Å². The number of hydrogen-bond donors (Lipinski definition) is 0.